The molecular formula is C19H25N3O8S. The molecule has 0 fully saturated rings. The molecule has 0 saturated carbocycles. The topological polar surface area (TPSA) is 195 Å². The molecule has 4 unspecified atom stereocenters. The molecule has 31 heavy (non-hydrogen) atoms. The van der Waals surface area contributed by atoms with Crippen LogP contribution in [-0.4, -0.2) is 75.7 Å². The van der Waals surface area contributed by atoms with Crippen molar-refractivity contribution in [1.29, 1.82) is 0 Å². The van der Waals surface area contributed by atoms with Gasteiger partial charge in [-0.2, -0.15) is 0 Å². The van der Waals surface area contributed by atoms with E-state index >= 15 is 0 Å². The van der Waals surface area contributed by atoms with Crippen molar-refractivity contribution in [2.24, 2.45) is 5.73 Å². The first-order valence-electron chi connectivity index (χ1n) is 9.20. The molecule has 0 aliphatic rings. The van der Waals surface area contributed by atoms with Crippen molar-refractivity contribution in [2.75, 3.05) is 19.0 Å². The van der Waals surface area contributed by atoms with E-state index in [-0.39, 0.29) is 28.6 Å². The highest BCUT2D eigenvalue weighted by Crippen LogP contribution is 2.35. The molecule has 1 aromatic heterocycles. The number of nitrogens with one attached hydrogen (secondary N) is 2. The maximum atomic E-state index is 12.0. The second-order valence-electron chi connectivity index (χ2n) is 6.52. The van der Waals surface area contributed by atoms with Crippen LogP contribution in [0.4, 0.5) is 10.5 Å². The molecule has 0 spiro atoms. The van der Waals surface area contributed by atoms with Crippen molar-refractivity contribution in [3.8, 4) is 16.2 Å². The SMILES string of the molecule is CNC(=O)c1sc(-c2ccc(OC(O)C(O)C(O)C(O)CCO)cc2)cc1NC(N)=O. The molecule has 2 aromatic rings. The van der Waals surface area contributed by atoms with E-state index in [9.17, 15) is 30.0 Å². The Morgan fingerprint density at radius 1 is 1.13 bits per heavy atom. The van der Waals surface area contributed by atoms with E-state index in [1.807, 2.05) is 0 Å². The van der Waals surface area contributed by atoms with Gasteiger partial charge in [-0.05, 0) is 42.3 Å². The van der Waals surface area contributed by atoms with Gasteiger partial charge in [-0.3, -0.25) is 4.79 Å². The Labute approximate surface area is 181 Å². The minimum Gasteiger partial charge on any atom is -0.462 e. The van der Waals surface area contributed by atoms with Gasteiger partial charge in [0.05, 0.1) is 11.8 Å². The van der Waals surface area contributed by atoms with Gasteiger partial charge in [-0.25, -0.2) is 4.79 Å². The average Bonchev–Trinajstić information content (AvgIpc) is 3.15. The lowest BCUT2D eigenvalue weighted by Gasteiger charge is -2.26. The summed E-state index contributed by atoms with van der Waals surface area (Å²) in [6, 6.07) is 7.01. The van der Waals surface area contributed by atoms with Crippen molar-refractivity contribution < 1.29 is 39.9 Å². The summed E-state index contributed by atoms with van der Waals surface area (Å²) in [7, 11) is 1.46. The second kappa shape index (κ2) is 11.0. The smallest absolute Gasteiger partial charge is 0.316 e. The van der Waals surface area contributed by atoms with Crippen LogP contribution >= 0.6 is 11.3 Å². The van der Waals surface area contributed by atoms with E-state index in [1.54, 1.807) is 18.2 Å². The number of rotatable bonds is 10. The molecule has 0 radical (unpaired) electrons. The number of anilines is 1. The zero-order chi connectivity index (χ0) is 23.1. The molecule has 12 heteroatoms. The van der Waals surface area contributed by atoms with Crippen molar-refractivity contribution in [3.63, 3.8) is 0 Å². The molecule has 0 bridgehead atoms. The fraction of sp³-hybridized carbons (Fsp3) is 0.368. The van der Waals surface area contributed by atoms with Crippen LogP contribution < -0.4 is 21.1 Å². The fourth-order valence-electron chi connectivity index (χ4n) is 2.65. The maximum absolute atomic E-state index is 12.0. The number of ether oxygens (including phenoxy) is 1. The summed E-state index contributed by atoms with van der Waals surface area (Å²) in [5.74, 6) is -0.225. The van der Waals surface area contributed by atoms with Gasteiger partial charge in [0.1, 0.15) is 22.8 Å². The second-order valence-corrected chi connectivity index (χ2v) is 7.57. The number of aliphatic hydroxyl groups is 5. The Morgan fingerprint density at radius 2 is 1.77 bits per heavy atom. The van der Waals surface area contributed by atoms with Crippen LogP contribution in [0.1, 0.15) is 16.1 Å². The number of aliphatic hydroxyl groups excluding tert-OH is 5. The molecule has 1 aromatic carbocycles. The lowest BCUT2D eigenvalue weighted by atomic mass is 10.1. The van der Waals surface area contributed by atoms with Gasteiger partial charge in [0.15, 0.2) is 0 Å². The van der Waals surface area contributed by atoms with E-state index in [2.05, 4.69) is 10.6 Å². The molecule has 0 saturated heterocycles. The van der Waals surface area contributed by atoms with Crippen LogP contribution in [0.3, 0.4) is 0 Å². The third-order valence-electron chi connectivity index (χ3n) is 4.28. The van der Waals surface area contributed by atoms with E-state index < -0.39 is 37.2 Å². The van der Waals surface area contributed by atoms with E-state index in [4.69, 9.17) is 15.6 Å². The highest BCUT2D eigenvalue weighted by Gasteiger charge is 2.31. The number of urea groups is 1. The monoisotopic (exact) mass is 455 g/mol. The lowest BCUT2D eigenvalue weighted by molar-refractivity contribution is -0.166. The van der Waals surface area contributed by atoms with Gasteiger partial charge in [0.2, 0.25) is 6.29 Å². The fourth-order valence-corrected chi connectivity index (χ4v) is 3.71. The summed E-state index contributed by atoms with van der Waals surface area (Å²) in [5.41, 5.74) is 6.09. The molecule has 0 aliphatic heterocycles. The Balaban J connectivity index is 2.14. The zero-order valence-electron chi connectivity index (χ0n) is 16.6. The number of primary amides is 1. The number of hydrogen-bond acceptors (Lipinski definition) is 9. The summed E-state index contributed by atoms with van der Waals surface area (Å²) in [6.45, 7) is -0.398. The van der Waals surface area contributed by atoms with Crippen LogP contribution in [0.15, 0.2) is 30.3 Å². The molecule has 3 amide bonds. The van der Waals surface area contributed by atoms with E-state index in [1.165, 1.54) is 19.2 Å². The molecule has 1 heterocycles. The zero-order valence-corrected chi connectivity index (χ0v) is 17.4. The molecule has 11 nitrogen and oxygen atoms in total. The number of amides is 3. The van der Waals surface area contributed by atoms with Gasteiger partial charge in [-0.1, -0.05) is 0 Å². The molecular weight excluding hydrogens is 430 g/mol. The Hall–Kier alpha value is -2.74. The minimum atomic E-state index is -1.83. The predicted octanol–water partition coefficient (Wildman–Crippen LogP) is -0.572. The Bertz CT molecular complexity index is 889. The first kappa shape index (κ1) is 24.5. The highest BCUT2D eigenvalue weighted by molar-refractivity contribution is 7.18. The molecule has 9 N–H and O–H groups in total. The summed E-state index contributed by atoms with van der Waals surface area (Å²) in [6.07, 6.45) is -6.97. The quantitative estimate of drug-likeness (QED) is 0.218. The van der Waals surface area contributed by atoms with Crippen LogP contribution in [0.2, 0.25) is 0 Å². The number of carbonyl (C=O) groups excluding carboxylic acids is 2. The van der Waals surface area contributed by atoms with Crippen molar-refractivity contribution in [1.82, 2.24) is 5.32 Å². The summed E-state index contributed by atoms with van der Waals surface area (Å²) >= 11 is 1.13. The van der Waals surface area contributed by atoms with Crippen LogP contribution in [-0.2, 0) is 0 Å². The number of hydrogen-bond donors (Lipinski definition) is 8. The Kier molecular flexibility index (Phi) is 8.74. The van der Waals surface area contributed by atoms with Crippen LogP contribution in [0.25, 0.3) is 10.4 Å². The van der Waals surface area contributed by atoms with Gasteiger partial charge in [-0.15, -0.1) is 11.3 Å². The average molecular weight is 455 g/mol. The predicted molar refractivity (Wildman–Crippen MR) is 113 cm³/mol. The molecule has 0 aliphatic carbocycles. The first-order valence-corrected chi connectivity index (χ1v) is 10.0. The largest absolute Gasteiger partial charge is 0.462 e. The van der Waals surface area contributed by atoms with Crippen LogP contribution in [0.5, 0.6) is 5.75 Å². The van der Waals surface area contributed by atoms with E-state index in [0.29, 0.717) is 10.4 Å². The number of thiophene rings is 1. The van der Waals surface area contributed by atoms with E-state index in [0.717, 1.165) is 11.3 Å². The standard InChI is InChI=1S/C19H25N3O8S/c1-21-17(27)16-11(22-19(20)29)8-13(31-16)9-2-4-10(5-3-9)30-18(28)15(26)14(25)12(24)6-7-23/h2-5,8,12,14-15,18,23-26,28H,6-7H2,1H3,(H,21,27)(H3,20,22,29). The summed E-state index contributed by atoms with van der Waals surface area (Å²) in [4.78, 5) is 24.1. The molecule has 170 valence electrons. The number of carbonyl (C=O) groups is 2. The van der Waals surface area contributed by atoms with Crippen molar-refractivity contribution in [3.05, 3.63) is 35.2 Å². The van der Waals surface area contributed by atoms with Gasteiger partial charge in [0, 0.05) is 18.5 Å². The lowest BCUT2D eigenvalue weighted by Crippen LogP contribution is -2.46. The van der Waals surface area contributed by atoms with Gasteiger partial charge in [0.25, 0.3) is 5.91 Å². The minimum absolute atomic E-state index is 0.165. The number of nitrogens with two attached hydrogens (primary N) is 1. The summed E-state index contributed by atoms with van der Waals surface area (Å²) in [5, 5.41) is 52.9. The third-order valence-corrected chi connectivity index (χ3v) is 5.46. The van der Waals surface area contributed by atoms with Crippen LogP contribution in [0, 0.1) is 0 Å². The van der Waals surface area contributed by atoms with Crippen molar-refractivity contribution in [2.45, 2.75) is 31.0 Å². The summed E-state index contributed by atoms with van der Waals surface area (Å²) < 4.78 is 5.19. The van der Waals surface area contributed by atoms with Gasteiger partial charge < -0.3 is 46.6 Å². The Morgan fingerprint density at radius 3 is 2.32 bits per heavy atom. The van der Waals surface area contributed by atoms with Gasteiger partial charge >= 0.3 is 6.03 Å². The first-order chi connectivity index (χ1) is 14.7. The highest BCUT2D eigenvalue weighted by atomic mass is 32.1. The molecule has 4 atom stereocenters. The van der Waals surface area contributed by atoms with Crippen molar-refractivity contribution >= 4 is 29.0 Å². The molecule has 2 rings (SSSR count). The number of benzene rings is 1. The normalized spacial score (nSPS) is 14.9. The third kappa shape index (κ3) is 6.37. The maximum Gasteiger partial charge on any atom is 0.316 e.